The van der Waals surface area contributed by atoms with E-state index in [4.69, 9.17) is 13.9 Å². The molecule has 1 aliphatic heterocycles. The van der Waals surface area contributed by atoms with Gasteiger partial charge in [0.15, 0.2) is 8.32 Å². The van der Waals surface area contributed by atoms with Crippen molar-refractivity contribution in [2.75, 3.05) is 13.2 Å². The fourth-order valence-electron chi connectivity index (χ4n) is 3.93. The van der Waals surface area contributed by atoms with E-state index in [1.807, 2.05) is 6.08 Å². The van der Waals surface area contributed by atoms with Crippen LogP contribution in [0.3, 0.4) is 0 Å². The van der Waals surface area contributed by atoms with Crippen molar-refractivity contribution in [3.8, 4) is 0 Å². The van der Waals surface area contributed by atoms with Crippen molar-refractivity contribution in [2.24, 2.45) is 11.3 Å². The van der Waals surface area contributed by atoms with Crippen LogP contribution in [0.2, 0.25) is 18.1 Å². The molecule has 0 spiro atoms. The molecular weight excluding hydrogens is 320 g/mol. The molecular formula is C19H34O4Si. The lowest BCUT2D eigenvalue weighted by Crippen LogP contribution is -2.53. The fraction of sp³-hybridized carbons (Fsp3) is 0.842. The molecule has 0 aromatic heterocycles. The molecule has 0 aromatic rings. The van der Waals surface area contributed by atoms with Crippen LogP contribution in [0.5, 0.6) is 0 Å². The summed E-state index contributed by atoms with van der Waals surface area (Å²) in [4.78, 5) is 11.7. The Morgan fingerprint density at radius 1 is 1.42 bits per heavy atom. The van der Waals surface area contributed by atoms with Gasteiger partial charge in [0, 0.05) is 17.9 Å². The lowest BCUT2D eigenvalue weighted by molar-refractivity contribution is -0.131. The molecule has 1 heterocycles. The second kappa shape index (κ2) is 6.49. The zero-order chi connectivity index (χ0) is 18.2. The summed E-state index contributed by atoms with van der Waals surface area (Å²) >= 11 is 0. The highest BCUT2D eigenvalue weighted by molar-refractivity contribution is 6.74. The number of hydrogen-bond donors (Lipinski definition) is 0. The van der Waals surface area contributed by atoms with Crippen LogP contribution in [0.4, 0.5) is 4.79 Å². The quantitative estimate of drug-likeness (QED) is 0.281. The molecule has 5 heteroatoms. The van der Waals surface area contributed by atoms with Gasteiger partial charge in [-0.25, -0.2) is 4.79 Å². The first-order chi connectivity index (χ1) is 11.0. The Labute approximate surface area is 148 Å². The smallest absolute Gasteiger partial charge is 0.434 e. The van der Waals surface area contributed by atoms with E-state index in [0.717, 1.165) is 32.3 Å². The van der Waals surface area contributed by atoms with Crippen LogP contribution in [0, 0.1) is 11.3 Å². The van der Waals surface area contributed by atoms with Gasteiger partial charge >= 0.3 is 6.16 Å². The first kappa shape index (κ1) is 19.5. The van der Waals surface area contributed by atoms with E-state index in [1.54, 1.807) is 0 Å². The molecule has 1 saturated carbocycles. The van der Waals surface area contributed by atoms with E-state index in [-0.39, 0.29) is 16.4 Å². The van der Waals surface area contributed by atoms with Gasteiger partial charge in [0.1, 0.15) is 12.2 Å². The Balaban J connectivity index is 1.99. The van der Waals surface area contributed by atoms with Crippen LogP contribution < -0.4 is 0 Å². The first-order valence-corrected chi connectivity index (χ1v) is 12.0. The van der Waals surface area contributed by atoms with Crippen molar-refractivity contribution >= 4 is 14.5 Å². The number of fused-ring (bicyclic) bond motifs is 1. The molecule has 1 aliphatic carbocycles. The van der Waals surface area contributed by atoms with E-state index in [2.05, 4.69) is 47.4 Å². The Bertz CT molecular complexity index is 496. The van der Waals surface area contributed by atoms with Gasteiger partial charge in [-0.2, -0.15) is 0 Å². The molecule has 0 radical (unpaired) electrons. The predicted octanol–water partition coefficient (Wildman–Crippen LogP) is 5.30. The largest absolute Gasteiger partial charge is 0.509 e. The van der Waals surface area contributed by atoms with E-state index in [9.17, 15) is 4.79 Å². The maximum atomic E-state index is 11.7. The third-order valence-corrected chi connectivity index (χ3v) is 11.2. The van der Waals surface area contributed by atoms with Crippen molar-refractivity contribution in [3.63, 3.8) is 0 Å². The maximum absolute atomic E-state index is 11.7. The summed E-state index contributed by atoms with van der Waals surface area (Å²) in [5, 5.41) is 0.230. The highest BCUT2D eigenvalue weighted by atomic mass is 28.4. The SMILES string of the molecule is C=C[C@@]12OC(=O)OC[C@@H]1CC[C@@]2(C)CCCO[Si](C)(C)C(C)(C)C. The minimum atomic E-state index is -1.70. The Morgan fingerprint density at radius 2 is 2.08 bits per heavy atom. The van der Waals surface area contributed by atoms with Crippen molar-refractivity contribution in [1.29, 1.82) is 0 Å². The Kier molecular flexibility index (Phi) is 5.27. The molecule has 1 saturated heterocycles. The van der Waals surface area contributed by atoms with Gasteiger partial charge in [-0.05, 0) is 49.9 Å². The minimum Gasteiger partial charge on any atom is -0.434 e. The maximum Gasteiger partial charge on any atom is 0.509 e. The number of ether oxygens (including phenoxy) is 2. The van der Waals surface area contributed by atoms with Gasteiger partial charge in [-0.1, -0.05) is 34.3 Å². The van der Waals surface area contributed by atoms with E-state index < -0.39 is 20.1 Å². The second-order valence-corrected chi connectivity index (χ2v) is 14.0. The number of cyclic esters (lactones) is 1. The molecule has 4 nitrogen and oxygen atoms in total. The van der Waals surface area contributed by atoms with Crippen molar-refractivity contribution < 1.29 is 18.7 Å². The van der Waals surface area contributed by atoms with E-state index >= 15 is 0 Å². The third kappa shape index (κ3) is 3.30. The van der Waals surface area contributed by atoms with Gasteiger partial charge in [0.2, 0.25) is 0 Å². The molecule has 0 N–H and O–H groups in total. The topological polar surface area (TPSA) is 44.8 Å². The summed E-state index contributed by atoms with van der Waals surface area (Å²) < 4.78 is 17.1. The zero-order valence-corrected chi connectivity index (χ0v) is 17.2. The third-order valence-electron chi connectivity index (χ3n) is 6.69. The standard InChI is InChI=1S/C19H34O4Si/c1-8-19-15(14-21-16(20)23-19)10-12-18(19,5)11-9-13-22-24(6,7)17(2,3)4/h8,15H,1,9-14H2,2-7H3/t15-,18+,19+/m0/s1. The summed E-state index contributed by atoms with van der Waals surface area (Å²) in [5.74, 6) is 0.221. The summed E-state index contributed by atoms with van der Waals surface area (Å²) in [6, 6.07) is 0. The first-order valence-electron chi connectivity index (χ1n) is 9.11. The van der Waals surface area contributed by atoms with Crippen molar-refractivity contribution in [3.05, 3.63) is 12.7 Å². The molecule has 0 unspecified atom stereocenters. The average Bonchev–Trinajstić information content (AvgIpc) is 2.76. The molecule has 138 valence electrons. The van der Waals surface area contributed by atoms with Crippen LogP contribution in [-0.2, 0) is 13.9 Å². The molecule has 3 atom stereocenters. The van der Waals surface area contributed by atoms with Crippen LogP contribution in [-0.4, -0.2) is 33.3 Å². The lowest BCUT2D eigenvalue weighted by atomic mass is 9.69. The number of hydrogen-bond acceptors (Lipinski definition) is 4. The fourth-order valence-corrected chi connectivity index (χ4v) is 5.01. The van der Waals surface area contributed by atoms with E-state index in [0.29, 0.717) is 6.61 Å². The monoisotopic (exact) mass is 354 g/mol. The predicted molar refractivity (Wildman–Crippen MR) is 98.6 cm³/mol. The van der Waals surface area contributed by atoms with Gasteiger partial charge in [-0.15, -0.1) is 0 Å². The lowest BCUT2D eigenvalue weighted by Gasteiger charge is -2.46. The van der Waals surface area contributed by atoms with Gasteiger partial charge < -0.3 is 13.9 Å². The van der Waals surface area contributed by atoms with Crippen molar-refractivity contribution in [1.82, 2.24) is 0 Å². The van der Waals surface area contributed by atoms with Crippen molar-refractivity contribution in [2.45, 2.75) is 77.1 Å². The van der Waals surface area contributed by atoms with Gasteiger partial charge in [-0.3, -0.25) is 0 Å². The molecule has 0 bridgehead atoms. The number of carbonyl (C=O) groups is 1. The summed E-state index contributed by atoms with van der Waals surface area (Å²) in [7, 11) is -1.70. The molecule has 2 aliphatic rings. The number of rotatable bonds is 6. The highest BCUT2D eigenvalue weighted by Crippen LogP contribution is 2.57. The van der Waals surface area contributed by atoms with Gasteiger partial charge in [0.25, 0.3) is 0 Å². The molecule has 24 heavy (non-hydrogen) atoms. The van der Waals surface area contributed by atoms with Crippen LogP contribution in [0.15, 0.2) is 12.7 Å². The summed E-state index contributed by atoms with van der Waals surface area (Å²) in [6.45, 7) is 18.8. The Hall–Kier alpha value is -0.813. The van der Waals surface area contributed by atoms with Crippen LogP contribution >= 0.6 is 0 Å². The molecule has 2 fully saturated rings. The second-order valence-electron chi connectivity index (χ2n) is 9.17. The molecule has 2 rings (SSSR count). The number of carbonyl (C=O) groups excluding carboxylic acids is 1. The van der Waals surface area contributed by atoms with E-state index in [1.165, 1.54) is 0 Å². The van der Waals surface area contributed by atoms with Crippen LogP contribution in [0.1, 0.15) is 53.4 Å². The summed E-state index contributed by atoms with van der Waals surface area (Å²) in [5.41, 5.74) is -0.672. The molecule has 0 aromatic carbocycles. The highest BCUT2D eigenvalue weighted by Gasteiger charge is 2.60. The van der Waals surface area contributed by atoms with Crippen LogP contribution in [0.25, 0.3) is 0 Å². The zero-order valence-electron chi connectivity index (χ0n) is 16.2. The minimum absolute atomic E-state index is 0.0877. The summed E-state index contributed by atoms with van der Waals surface area (Å²) in [6.07, 6.45) is 5.28. The molecule has 0 amide bonds. The average molecular weight is 355 g/mol. The normalized spacial score (nSPS) is 33.6. The van der Waals surface area contributed by atoms with Gasteiger partial charge in [0.05, 0.1) is 0 Å². The Morgan fingerprint density at radius 3 is 2.67 bits per heavy atom.